The first kappa shape index (κ1) is 17.2. The van der Waals surface area contributed by atoms with E-state index >= 15 is 0 Å². The minimum absolute atomic E-state index is 0.147. The quantitative estimate of drug-likeness (QED) is 0.784. The molecule has 0 aliphatic heterocycles. The van der Waals surface area contributed by atoms with Gasteiger partial charge in [-0.1, -0.05) is 24.6 Å². The van der Waals surface area contributed by atoms with Crippen LogP contribution in [0.1, 0.15) is 40.0 Å². The second-order valence-electron chi connectivity index (χ2n) is 6.37. The van der Waals surface area contributed by atoms with Gasteiger partial charge in [0.1, 0.15) is 0 Å². The number of carbonyl (C=O) groups excluding carboxylic acids is 2. The summed E-state index contributed by atoms with van der Waals surface area (Å²) in [7, 11) is 0. The lowest BCUT2D eigenvalue weighted by Crippen LogP contribution is -2.32. The normalized spacial score (nSPS) is 19.4. The third-order valence-electron chi connectivity index (χ3n) is 4.58. The van der Waals surface area contributed by atoms with Gasteiger partial charge >= 0.3 is 0 Å². The van der Waals surface area contributed by atoms with E-state index in [4.69, 9.17) is 0 Å². The van der Waals surface area contributed by atoms with E-state index in [0.717, 1.165) is 19.3 Å². The Morgan fingerprint density at radius 2 is 1.60 bits per heavy atom. The van der Waals surface area contributed by atoms with Gasteiger partial charge in [0.05, 0.1) is 6.10 Å². The molecule has 0 radical (unpaired) electrons. The van der Waals surface area contributed by atoms with Crippen molar-refractivity contribution in [2.75, 3.05) is 11.9 Å². The highest BCUT2D eigenvalue weighted by atomic mass is 16.3. The summed E-state index contributed by atoms with van der Waals surface area (Å²) in [6.45, 7) is 0.493. The van der Waals surface area contributed by atoms with Gasteiger partial charge < -0.3 is 15.7 Å². The highest BCUT2D eigenvalue weighted by molar-refractivity contribution is 6.04. The first-order chi connectivity index (χ1) is 12.1. The number of aliphatic hydroxyl groups excluding tert-OH is 1. The molecular formula is C20H22N2O3. The molecular weight excluding hydrogens is 316 g/mol. The van der Waals surface area contributed by atoms with E-state index in [0.29, 0.717) is 23.4 Å². The van der Waals surface area contributed by atoms with Crippen molar-refractivity contribution in [3.05, 3.63) is 65.7 Å². The van der Waals surface area contributed by atoms with Gasteiger partial charge in [0, 0.05) is 29.3 Å². The monoisotopic (exact) mass is 338 g/mol. The molecule has 130 valence electrons. The molecule has 2 amide bonds. The number of benzene rings is 2. The van der Waals surface area contributed by atoms with E-state index < -0.39 is 0 Å². The minimum Gasteiger partial charge on any atom is -0.393 e. The summed E-state index contributed by atoms with van der Waals surface area (Å²) in [5, 5.41) is 15.5. The van der Waals surface area contributed by atoms with Crippen LogP contribution in [-0.4, -0.2) is 29.6 Å². The molecule has 0 saturated heterocycles. The fourth-order valence-electron chi connectivity index (χ4n) is 3.08. The molecule has 0 spiro atoms. The number of hydrogen-bond donors (Lipinski definition) is 3. The van der Waals surface area contributed by atoms with Crippen LogP contribution in [0.25, 0.3) is 0 Å². The Labute approximate surface area is 147 Å². The number of rotatable bonds is 5. The number of aliphatic hydroxyl groups is 1. The third kappa shape index (κ3) is 4.45. The van der Waals surface area contributed by atoms with Crippen LogP contribution >= 0.6 is 0 Å². The molecule has 25 heavy (non-hydrogen) atoms. The standard InChI is InChI=1S/C20H22N2O3/c23-18-8-4-7-16(18)13-21-19(24)15-9-11-17(12-10-15)22-20(25)14-5-2-1-3-6-14/h1-3,5-6,9-12,16,18,23H,4,7-8,13H2,(H,21,24)(H,22,25). The summed E-state index contributed by atoms with van der Waals surface area (Å²) < 4.78 is 0. The van der Waals surface area contributed by atoms with Crippen molar-refractivity contribution >= 4 is 17.5 Å². The van der Waals surface area contributed by atoms with Crippen molar-refractivity contribution in [3.8, 4) is 0 Å². The summed E-state index contributed by atoms with van der Waals surface area (Å²) in [5.41, 5.74) is 1.75. The van der Waals surface area contributed by atoms with Crippen molar-refractivity contribution in [1.82, 2.24) is 5.32 Å². The smallest absolute Gasteiger partial charge is 0.255 e. The summed E-state index contributed by atoms with van der Waals surface area (Å²) in [6, 6.07) is 15.7. The Bertz CT molecular complexity index is 728. The van der Waals surface area contributed by atoms with Crippen molar-refractivity contribution in [3.63, 3.8) is 0 Å². The van der Waals surface area contributed by atoms with Crippen LogP contribution in [0.3, 0.4) is 0 Å². The first-order valence-electron chi connectivity index (χ1n) is 8.56. The molecule has 2 aromatic rings. The molecule has 0 aromatic heterocycles. The SMILES string of the molecule is O=C(NCC1CCCC1O)c1ccc(NC(=O)c2ccccc2)cc1. The number of amides is 2. The predicted octanol–water partition coefficient (Wildman–Crippen LogP) is 2.83. The molecule has 3 N–H and O–H groups in total. The molecule has 5 heteroatoms. The predicted molar refractivity (Wildman–Crippen MR) is 96.5 cm³/mol. The molecule has 1 aliphatic carbocycles. The molecule has 0 heterocycles. The lowest BCUT2D eigenvalue weighted by atomic mass is 10.1. The van der Waals surface area contributed by atoms with Crippen molar-refractivity contribution < 1.29 is 14.7 Å². The van der Waals surface area contributed by atoms with E-state index in [-0.39, 0.29) is 23.8 Å². The van der Waals surface area contributed by atoms with Crippen molar-refractivity contribution in [2.24, 2.45) is 5.92 Å². The lowest BCUT2D eigenvalue weighted by molar-refractivity contribution is 0.0916. The Hall–Kier alpha value is -2.66. The van der Waals surface area contributed by atoms with Crippen molar-refractivity contribution in [2.45, 2.75) is 25.4 Å². The second-order valence-corrected chi connectivity index (χ2v) is 6.37. The molecule has 2 atom stereocenters. The number of nitrogens with one attached hydrogen (secondary N) is 2. The van der Waals surface area contributed by atoms with E-state index in [1.54, 1.807) is 36.4 Å². The topological polar surface area (TPSA) is 78.4 Å². The number of anilines is 1. The zero-order chi connectivity index (χ0) is 17.6. The maximum Gasteiger partial charge on any atom is 0.255 e. The molecule has 1 saturated carbocycles. The van der Waals surface area contributed by atoms with Crippen LogP contribution in [0.15, 0.2) is 54.6 Å². The summed E-state index contributed by atoms with van der Waals surface area (Å²) in [4.78, 5) is 24.3. The number of carbonyl (C=O) groups is 2. The van der Waals surface area contributed by atoms with Crippen LogP contribution in [-0.2, 0) is 0 Å². The highest BCUT2D eigenvalue weighted by Gasteiger charge is 2.25. The molecule has 1 aliphatic rings. The molecule has 5 nitrogen and oxygen atoms in total. The lowest BCUT2D eigenvalue weighted by Gasteiger charge is -2.15. The van der Waals surface area contributed by atoms with Crippen LogP contribution in [0.5, 0.6) is 0 Å². The summed E-state index contributed by atoms with van der Waals surface area (Å²) in [6.07, 6.45) is 2.47. The Morgan fingerprint density at radius 3 is 2.24 bits per heavy atom. The average Bonchev–Trinajstić information content (AvgIpc) is 3.06. The van der Waals surface area contributed by atoms with Gasteiger partial charge in [0.2, 0.25) is 0 Å². The number of hydrogen-bond acceptors (Lipinski definition) is 3. The van der Waals surface area contributed by atoms with Crippen LogP contribution in [0, 0.1) is 5.92 Å². The van der Waals surface area contributed by atoms with E-state index in [9.17, 15) is 14.7 Å². The summed E-state index contributed by atoms with van der Waals surface area (Å²) in [5.74, 6) is -0.207. The van der Waals surface area contributed by atoms with Crippen LogP contribution in [0.2, 0.25) is 0 Å². The van der Waals surface area contributed by atoms with Gasteiger partial charge in [-0.05, 0) is 49.2 Å². The van der Waals surface area contributed by atoms with Gasteiger partial charge in [-0.3, -0.25) is 9.59 Å². The third-order valence-corrected chi connectivity index (χ3v) is 4.58. The largest absolute Gasteiger partial charge is 0.393 e. The second kappa shape index (κ2) is 7.94. The molecule has 3 rings (SSSR count). The first-order valence-corrected chi connectivity index (χ1v) is 8.56. The van der Waals surface area contributed by atoms with Gasteiger partial charge in [-0.15, -0.1) is 0 Å². The zero-order valence-corrected chi connectivity index (χ0v) is 13.9. The fraction of sp³-hybridized carbons (Fsp3) is 0.300. The van der Waals surface area contributed by atoms with E-state index in [1.807, 2.05) is 18.2 Å². The highest BCUT2D eigenvalue weighted by Crippen LogP contribution is 2.24. The molecule has 2 aromatic carbocycles. The zero-order valence-electron chi connectivity index (χ0n) is 13.9. The minimum atomic E-state index is -0.309. The van der Waals surface area contributed by atoms with Crippen molar-refractivity contribution in [1.29, 1.82) is 0 Å². The molecule has 0 bridgehead atoms. The van der Waals surface area contributed by atoms with Gasteiger partial charge in [-0.25, -0.2) is 0 Å². The molecule has 2 unspecified atom stereocenters. The Kier molecular flexibility index (Phi) is 5.46. The maximum absolute atomic E-state index is 12.2. The summed E-state index contributed by atoms with van der Waals surface area (Å²) >= 11 is 0. The van der Waals surface area contributed by atoms with Crippen LogP contribution < -0.4 is 10.6 Å². The van der Waals surface area contributed by atoms with E-state index in [1.165, 1.54) is 0 Å². The van der Waals surface area contributed by atoms with Crippen LogP contribution in [0.4, 0.5) is 5.69 Å². The Morgan fingerprint density at radius 1 is 0.920 bits per heavy atom. The van der Waals surface area contributed by atoms with Gasteiger partial charge in [0.15, 0.2) is 0 Å². The fourth-order valence-corrected chi connectivity index (χ4v) is 3.08. The maximum atomic E-state index is 12.2. The van der Waals surface area contributed by atoms with E-state index in [2.05, 4.69) is 10.6 Å². The van der Waals surface area contributed by atoms with Gasteiger partial charge in [-0.2, -0.15) is 0 Å². The average molecular weight is 338 g/mol. The Balaban J connectivity index is 1.54. The van der Waals surface area contributed by atoms with Gasteiger partial charge in [0.25, 0.3) is 11.8 Å². The molecule has 1 fully saturated rings.